The van der Waals surface area contributed by atoms with Crippen molar-refractivity contribution in [2.75, 3.05) is 19.7 Å². The lowest BCUT2D eigenvalue weighted by atomic mass is 10.2. The number of thiazole rings is 1. The predicted octanol–water partition coefficient (Wildman–Crippen LogP) is 2.94. The molecule has 118 valence electrons. The maximum atomic E-state index is 11.9. The van der Waals surface area contributed by atoms with E-state index in [9.17, 15) is 4.79 Å². The van der Waals surface area contributed by atoms with Gasteiger partial charge in [-0.05, 0) is 12.0 Å². The molecule has 3 heterocycles. The lowest BCUT2D eigenvalue weighted by Crippen LogP contribution is -2.32. The van der Waals surface area contributed by atoms with Crippen molar-refractivity contribution < 1.29 is 14.3 Å². The average Bonchev–Trinajstić information content (AvgIpc) is 3.13. The highest BCUT2D eigenvalue weighted by atomic mass is 32.1. The Morgan fingerprint density at radius 3 is 3.18 bits per heavy atom. The molecule has 0 radical (unpaired) electrons. The fraction of sp³-hybridized carbons (Fsp3) is 0.533. The summed E-state index contributed by atoms with van der Waals surface area (Å²) in [4.78, 5) is 23.1. The number of aromatic nitrogens is 2. The van der Waals surface area contributed by atoms with Gasteiger partial charge in [-0.3, -0.25) is 0 Å². The second-order valence-electron chi connectivity index (χ2n) is 5.77. The number of likely N-dealkylation sites (tertiary alicyclic amines) is 1. The molecule has 1 aliphatic rings. The number of hydrogen-bond donors (Lipinski definition) is 0. The van der Waals surface area contributed by atoms with Crippen LogP contribution in [0, 0.1) is 5.92 Å². The van der Waals surface area contributed by atoms with Crippen molar-refractivity contribution in [1.82, 2.24) is 14.9 Å². The van der Waals surface area contributed by atoms with Crippen LogP contribution in [0.3, 0.4) is 0 Å². The zero-order valence-corrected chi connectivity index (χ0v) is 13.5. The van der Waals surface area contributed by atoms with Crippen LogP contribution in [0.2, 0.25) is 0 Å². The van der Waals surface area contributed by atoms with E-state index >= 15 is 0 Å². The van der Waals surface area contributed by atoms with E-state index in [2.05, 4.69) is 9.97 Å². The number of hydrogen-bond acceptors (Lipinski definition) is 6. The molecule has 0 saturated carbocycles. The summed E-state index contributed by atoms with van der Waals surface area (Å²) in [6.07, 6.45) is 0.495. The van der Waals surface area contributed by atoms with E-state index in [1.807, 2.05) is 26.0 Å². The quantitative estimate of drug-likeness (QED) is 0.866. The summed E-state index contributed by atoms with van der Waals surface area (Å²) in [5, 5.41) is 0. The zero-order valence-electron chi connectivity index (χ0n) is 12.7. The Morgan fingerprint density at radius 2 is 2.36 bits per heavy atom. The molecule has 2 aromatic heterocycles. The molecule has 3 rings (SSSR count). The molecule has 0 aliphatic carbocycles. The van der Waals surface area contributed by atoms with Crippen molar-refractivity contribution >= 4 is 27.8 Å². The fourth-order valence-electron chi connectivity index (χ4n) is 2.29. The van der Waals surface area contributed by atoms with Crippen molar-refractivity contribution in [2.45, 2.75) is 26.4 Å². The van der Waals surface area contributed by atoms with Gasteiger partial charge in [0.2, 0.25) is 5.88 Å². The lowest BCUT2D eigenvalue weighted by Gasteiger charge is -2.17. The normalized spacial score (nSPS) is 18.1. The van der Waals surface area contributed by atoms with E-state index in [0.717, 1.165) is 16.8 Å². The fourth-order valence-corrected chi connectivity index (χ4v) is 2.94. The molecule has 1 aliphatic heterocycles. The van der Waals surface area contributed by atoms with Crippen molar-refractivity contribution in [2.24, 2.45) is 5.92 Å². The predicted molar refractivity (Wildman–Crippen MR) is 84.2 cm³/mol. The lowest BCUT2D eigenvalue weighted by molar-refractivity contribution is 0.0946. The van der Waals surface area contributed by atoms with Gasteiger partial charge in [0.05, 0.1) is 18.7 Å². The Kier molecular flexibility index (Phi) is 4.42. The van der Waals surface area contributed by atoms with Gasteiger partial charge in [0, 0.05) is 19.0 Å². The number of carbonyl (C=O) groups excluding carboxylic acids is 1. The molecule has 22 heavy (non-hydrogen) atoms. The number of amides is 1. The number of ether oxygens (including phenoxy) is 2. The summed E-state index contributed by atoms with van der Waals surface area (Å²) in [5.41, 5.74) is 2.64. The molecule has 1 amide bonds. The van der Waals surface area contributed by atoms with Crippen LogP contribution < -0.4 is 4.74 Å². The number of carbonyl (C=O) groups is 1. The number of pyridine rings is 1. The molecular formula is C15H19N3O3S. The van der Waals surface area contributed by atoms with Crippen LogP contribution in [0.4, 0.5) is 4.79 Å². The standard InChI is InChI=1S/C15H19N3O3S/c1-10(2)8-20-15(19)18-6-5-11(7-18)21-13-4-3-12-14(17-13)22-9-16-12/h3-4,9-11H,5-8H2,1-2H3. The third kappa shape index (κ3) is 3.47. The second kappa shape index (κ2) is 6.48. The van der Waals surface area contributed by atoms with Gasteiger partial charge in [0.15, 0.2) is 0 Å². The Morgan fingerprint density at radius 1 is 1.50 bits per heavy atom. The van der Waals surface area contributed by atoms with Gasteiger partial charge in [-0.2, -0.15) is 0 Å². The summed E-state index contributed by atoms with van der Waals surface area (Å²) >= 11 is 1.49. The van der Waals surface area contributed by atoms with E-state index in [1.165, 1.54) is 11.3 Å². The van der Waals surface area contributed by atoms with Crippen LogP contribution in [-0.2, 0) is 4.74 Å². The maximum Gasteiger partial charge on any atom is 0.409 e. The Balaban J connectivity index is 1.55. The molecule has 6 nitrogen and oxygen atoms in total. The topological polar surface area (TPSA) is 64.5 Å². The summed E-state index contributed by atoms with van der Waals surface area (Å²) in [7, 11) is 0. The Hall–Kier alpha value is -1.89. The van der Waals surface area contributed by atoms with Crippen LogP contribution in [0.15, 0.2) is 17.6 Å². The van der Waals surface area contributed by atoms with Crippen LogP contribution in [0.5, 0.6) is 5.88 Å². The highest BCUT2D eigenvalue weighted by Gasteiger charge is 2.29. The van der Waals surface area contributed by atoms with Gasteiger partial charge in [-0.1, -0.05) is 13.8 Å². The Labute approximate surface area is 133 Å². The molecule has 0 spiro atoms. The van der Waals surface area contributed by atoms with Gasteiger partial charge < -0.3 is 14.4 Å². The molecule has 1 atom stereocenters. The van der Waals surface area contributed by atoms with Crippen LogP contribution >= 0.6 is 11.3 Å². The van der Waals surface area contributed by atoms with Gasteiger partial charge in [0.1, 0.15) is 16.5 Å². The monoisotopic (exact) mass is 321 g/mol. The van der Waals surface area contributed by atoms with Gasteiger partial charge in [-0.25, -0.2) is 14.8 Å². The van der Waals surface area contributed by atoms with Gasteiger partial charge >= 0.3 is 6.09 Å². The number of nitrogens with zero attached hydrogens (tertiary/aromatic N) is 3. The molecule has 7 heteroatoms. The van der Waals surface area contributed by atoms with Crippen LogP contribution in [-0.4, -0.2) is 46.8 Å². The first kappa shape index (κ1) is 15.0. The summed E-state index contributed by atoms with van der Waals surface area (Å²) in [6, 6.07) is 3.72. The van der Waals surface area contributed by atoms with E-state index in [1.54, 1.807) is 10.4 Å². The minimum absolute atomic E-state index is 0.0375. The van der Waals surface area contributed by atoms with Crippen molar-refractivity contribution in [3.05, 3.63) is 17.6 Å². The maximum absolute atomic E-state index is 11.9. The smallest absolute Gasteiger partial charge is 0.409 e. The van der Waals surface area contributed by atoms with Crippen molar-refractivity contribution in [3.8, 4) is 5.88 Å². The van der Waals surface area contributed by atoms with E-state index in [0.29, 0.717) is 31.5 Å². The third-order valence-electron chi connectivity index (χ3n) is 3.40. The first-order chi connectivity index (χ1) is 10.6. The summed E-state index contributed by atoms with van der Waals surface area (Å²) in [5.74, 6) is 0.924. The van der Waals surface area contributed by atoms with Gasteiger partial charge in [0.25, 0.3) is 0 Å². The van der Waals surface area contributed by atoms with E-state index < -0.39 is 0 Å². The summed E-state index contributed by atoms with van der Waals surface area (Å²) < 4.78 is 11.1. The molecular weight excluding hydrogens is 302 g/mol. The number of fused-ring (bicyclic) bond motifs is 1. The molecule has 1 saturated heterocycles. The third-order valence-corrected chi connectivity index (χ3v) is 4.14. The average molecular weight is 321 g/mol. The SMILES string of the molecule is CC(C)COC(=O)N1CCC(Oc2ccc3ncsc3n2)C1. The largest absolute Gasteiger partial charge is 0.472 e. The molecule has 1 unspecified atom stereocenters. The minimum atomic E-state index is -0.259. The van der Waals surface area contributed by atoms with E-state index in [-0.39, 0.29) is 12.2 Å². The Bertz CT molecular complexity index is 658. The number of rotatable bonds is 4. The second-order valence-corrected chi connectivity index (χ2v) is 6.60. The molecule has 0 aromatic carbocycles. The molecule has 1 fully saturated rings. The van der Waals surface area contributed by atoms with Crippen molar-refractivity contribution in [3.63, 3.8) is 0 Å². The van der Waals surface area contributed by atoms with Crippen LogP contribution in [0.25, 0.3) is 10.3 Å². The first-order valence-electron chi connectivity index (χ1n) is 7.40. The van der Waals surface area contributed by atoms with E-state index in [4.69, 9.17) is 9.47 Å². The highest BCUT2D eigenvalue weighted by molar-refractivity contribution is 7.16. The molecule has 0 bridgehead atoms. The zero-order chi connectivity index (χ0) is 15.5. The molecule has 2 aromatic rings. The van der Waals surface area contributed by atoms with Crippen LogP contribution in [0.1, 0.15) is 20.3 Å². The minimum Gasteiger partial charge on any atom is -0.472 e. The van der Waals surface area contributed by atoms with Gasteiger partial charge in [-0.15, -0.1) is 11.3 Å². The first-order valence-corrected chi connectivity index (χ1v) is 8.28. The summed E-state index contributed by atoms with van der Waals surface area (Å²) in [6.45, 7) is 5.68. The highest BCUT2D eigenvalue weighted by Crippen LogP contribution is 2.22. The van der Waals surface area contributed by atoms with Crippen molar-refractivity contribution in [1.29, 1.82) is 0 Å². The molecule has 0 N–H and O–H groups in total.